The Morgan fingerprint density at radius 3 is 1.20 bits per heavy atom. The molecule has 0 unspecified atom stereocenters. The molecule has 0 saturated heterocycles. The van der Waals surface area contributed by atoms with Gasteiger partial charge in [-0.05, 0) is 64.0 Å². The van der Waals surface area contributed by atoms with Crippen LogP contribution in [0, 0.1) is 0 Å². The number of rotatable bonds is 29. The number of ether oxygens (including phenoxy) is 4. The Hall–Kier alpha value is -1.53. The van der Waals surface area contributed by atoms with Gasteiger partial charge in [0.2, 0.25) is 0 Å². The van der Waals surface area contributed by atoms with E-state index >= 15 is 0 Å². The Labute approximate surface area is 287 Å². The smallest absolute Gasteiger partial charge is 0.127 e. The fraction of sp³-hybridized carbons (Fsp3) is 0.647. The maximum absolute atomic E-state index is 5.47. The van der Waals surface area contributed by atoms with Crippen LogP contribution in [0.15, 0.2) is 36.4 Å². The molecule has 0 aliphatic heterocycles. The maximum Gasteiger partial charge on any atom is 0.127 e. The Bertz CT molecular complexity index is 916. The van der Waals surface area contributed by atoms with Gasteiger partial charge >= 0.3 is 0 Å². The van der Waals surface area contributed by atoms with E-state index in [9.17, 15) is 0 Å². The largest absolute Gasteiger partial charge is 0.497 e. The summed E-state index contributed by atoms with van der Waals surface area (Å²) in [4.78, 5) is 0. The summed E-state index contributed by atoms with van der Waals surface area (Å²) in [7, 11) is 10.7. The van der Waals surface area contributed by atoms with Crippen LogP contribution >= 0.6 is 34.0 Å². The number of hydrogen-bond donors (Lipinski definition) is 4. The highest BCUT2D eigenvalue weighted by Crippen LogP contribution is 2.25. The Balaban J connectivity index is 0.0000101. The quantitative estimate of drug-likeness (QED) is 0.0548. The molecule has 0 aliphatic carbocycles. The molecule has 45 heavy (non-hydrogen) atoms. The van der Waals surface area contributed by atoms with E-state index in [4.69, 9.17) is 18.9 Å². The van der Waals surface area contributed by atoms with Crippen LogP contribution in [-0.4, -0.2) is 79.2 Å². The lowest BCUT2D eigenvalue weighted by atomic mass is 10.1. The van der Waals surface area contributed by atoms with Gasteiger partial charge in [0.25, 0.3) is 0 Å². The van der Waals surface area contributed by atoms with E-state index in [1.54, 1.807) is 28.4 Å². The van der Waals surface area contributed by atoms with Crippen LogP contribution in [0.2, 0.25) is 0 Å². The predicted molar refractivity (Wildman–Crippen MR) is 197 cm³/mol. The second-order valence-electron chi connectivity index (χ2n) is 10.7. The minimum atomic E-state index is 0. The number of hydrogen-bond acceptors (Lipinski definition) is 10. The van der Waals surface area contributed by atoms with Crippen molar-refractivity contribution in [3.8, 4) is 23.0 Å². The van der Waals surface area contributed by atoms with Crippen LogP contribution < -0.4 is 40.2 Å². The van der Waals surface area contributed by atoms with Gasteiger partial charge in [-0.1, -0.05) is 59.4 Å². The zero-order valence-corrected chi connectivity index (χ0v) is 30.5. The Morgan fingerprint density at radius 2 is 0.844 bits per heavy atom. The molecular weight excluding hydrogens is 628 g/mol. The Kier molecular flexibility index (Phi) is 26.4. The first-order valence-electron chi connectivity index (χ1n) is 16.2. The minimum Gasteiger partial charge on any atom is -0.497 e. The van der Waals surface area contributed by atoms with Crippen LogP contribution in [0.25, 0.3) is 0 Å². The molecule has 0 atom stereocenters. The second kappa shape index (κ2) is 28.7. The van der Waals surface area contributed by atoms with E-state index in [1.165, 1.54) is 74.0 Å². The average Bonchev–Trinajstić information content (AvgIpc) is 3.06. The van der Waals surface area contributed by atoms with Crippen LogP contribution in [0.5, 0.6) is 23.0 Å². The molecule has 2 rings (SSSR count). The molecule has 0 radical (unpaired) electrons. The first-order chi connectivity index (χ1) is 21.7. The van der Waals surface area contributed by atoms with Crippen molar-refractivity contribution in [1.29, 1.82) is 0 Å². The highest BCUT2D eigenvalue weighted by Gasteiger charge is 2.05. The van der Waals surface area contributed by atoms with Gasteiger partial charge in [-0.2, -0.15) is 0 Å². The topological polar surface area (TPSA) is 85.0 Å². The van der Waals surface area contributed by atoms with E-state index in [0.717, 1.165) is 75.4 Å². The number of benzene rings is 2. The van der Waals surface area contributed by atoms with E-state index in [2.05, 4.69) is 33.4 Å². The van der Waals surface area contributed by atoms with Crippen molar-refractivity contribution < 1.29 is 18.9 Å². The summed E-state index contributed by atoms with van der Waals surface area (Å²) in [6.07, 6.45) is 10.0. The molecule has 0 saturated carbocycles. The summed E-state index contributed by atoms with van der Waals surface area (Å²) >= 11 is 0. The molecule has 0 spiro atoms. The molecular formula is C34H59ClN4O4S2. The highest BCUT2D eigenvalue weighted by molar-refractivity contribution is 8.76. The molecule has 8 nitrogen and oxygen atoms in total. The van der Waals surface area contributed by atoms with Crippen molar-refractivity contribution >= 4 is 34.0 Å². The van der Waals surface area contributed by atoms with Gasteiger partial charge < -0.3 is 40.2 Å². The Morgan fingerprint density at radius 1 is 0.467 bits per heavy atom. The lowest BCUT2D eigenvalue weighted by Gasteiger charge is -2.11. The van der Waals surface area contributed by atoms with Gasteiger partial charge in [-0.3, -0.25) is 0 Å². The number of methoxy groups -OCH3 is 4. The molecule has 4 N–H and O–H groups in total. The van der Waals surface area contributed by atoms with E-state index < -0.39 is 0 Å². The van der Waals surface area contributed by atoms with Gasteiger partial charge in [0.05, 0.1) is 28.4 Å². The summed E-state index contributed by atoms with van der Waals surface area (Å²) in [6, 6.07) is 12.0. The molecule has 0 aliphatic rings. The number of halogens is 1. The summed E-state index contributed by atoms with van der Waals surface area (Å²) in [5.74, 6) is 5.74. The second-order valence-corrected chi connectivity index (χ2v) is 13.4. The van der Waals surface area contributed by atoms with Crippen LogP contribution in [0.4, 0.5) is 0 Å². The molecule has 11 heteroatoms. The third kappa shape index (κ3) is 19.7. The van der Waals surface area contributed by atoms with Gasteiger partial charge in [0.1, 0.15) is 23.0 Å². The first kappa shape index (κ1) is 41.5. The molecule has 2 aromatic carbocycles. The average molecular weight is 687 g/mol. The minimum absolute atomic E-state index is 0. The summed E-state index contributed by atoms with van der Waals surface area (Å²) < 4.78 is 21.5. The monoisotopic (exact) mass is 686 g/mol. The van der Waals surface area contributed by atoms with Gasteiger partial charge in [0, 0.05) is 60.9 Å². The van der Waals surface area contributed by atoms with Crippen LogP contribution in [0.3, 0.4) is 0 Å². The van der Waals surface area contributed by atoms with Gasteiger partial charge in [-0.15, -0.1) is 12.4 Å². The van der Waals surface area contributed by atoms with E-state index in [0.29, 0.717) is 0 Å². The third-order valence-corrected chi connectivity index (χ3v) is 9.75. The van der Waals surface area contributed by atoms with Crippen LogP contribution in [-0.2, 0) is 13.1 Å². The fourth-order valence-electron chi connectivity index (χ4n) is 4.74. The lowest BCUT2D eigenvalue weighted by molar-refractivity contribution is 0.389. The van der Waals surface area contributed by atoms with Crippen molar-refractivity contribution in [2.45, 2.75) is 64.5 Å². The van der Waals surface area contributed by atoms with Gasteiger partial charge in [0.15, 0.2) is 0 Å². The van der Waals surface area contributed by atoms with Crippen molar-refractivity contribution in [3.63, 3.8) is 0 Å². The fourth-order valence-corrected chi connectivity index (χ4v) is 6.64. The molecule has 258 valence electrons. The number of nitrogens with one attached hydrogen (secondary N) is 4. The van der Waals surface area contributed by atoms with Crippen molar-refractivity contribution in [1.82, 2.24) is 21.3 Å². The van der Waals surface area contributed by atoms with Crippen molar-refractivity contribution in [2.75, 3.05) is 79.2 Å². The van der Waals surface area contributed by atoms with Crippen LogP contribution in [0.1, 0.15) is 62.5 Å². The summed E-state index contributed by atoms with van der Waals surface area (Å²) in [5, 5.41) is 14.2. The maximum atomic E-state index is 5.47. The molecule has 0 bridgehead atoms. The lowest BCUT2D eigenvalue weighted by Crippen LogP contribution is -2.19. The van der Waals surface area contributed by atoms with E-state index in [1.807, 2.05) is 45.9 Å². The number of unbranched alkanes of at least 4 members (excludes halogenated alkanes) is 6. The molecule has 0 heterocycles. The molecule has 2 aromatic rings. The molecule has 0 amide bonds. The molecule has 0 fully saturated rings. The standard InChI is InChI=1S/C34H58N4O4S2.ClH/c1-39-31-15-13-29(33(25-31)41-3)27-37-19-11-7-5-9-17-35-21-23-43-44-24-22-36-18-10-6-8-12-20-38-28-30-14-16-32(40-2)26-34(30)42-4;/h13-16,25-26,35-38H,5-12,17-24,27-28H2,1-4H3;1H. The van der Waals surface area contributed by atoms with Crippen molar-refractivity contribution in [2.24, 2.45) is 0 Å². The summed E-state index contributed by atoms with van der Waals surface area (Å²) in [5.41, 5.74) is 2.33. The normalized spacial score (nSPS) is 10.8. The van der Waals surface area contributed by atoms with Crippen molar-refractivity contribution in [3.05, 3.63) is 47.5 Å². The summed E-state index contributed by atoms with van der Waals surface area (Å²) in [6.45, 7) is 8.15. The SMILES string of the molecule is COc1ccc(CNCCCCCCNCCSSCCNCCCCCCNCc2ccc(OC)cc2OC)c(OC)c1.Cl. The molecule has 0 aromatic heterocycles. The van der Waals surface area contributed by atoms with Gasteiger partial charge in [-0.25, -0.2) is 0 Å². The first-order valence-corrected chi connectivity index (χ1v) is 18.7. The highest BCUT2D eigenvalue weighted by atomic mass is 35.5. The zero-order chi connectivity index (χ0) is 31.5. The zero-order valence-electron chi connectivity index (χ0n) is 28.0. The van der Waals surface area contributed by atoms with E-state index in [-0.39, 0.29) is 12.4 Å². The third-order valence-electron chi connectivity index (χ3n) is 7.34. The predicted octanol–water partition coefficient (Wildman–Crippen LogP) is 6.70.